The van der Waals surface area contributed by atoms with Gasteiger partial charge in [-0.2, -0.15) is 0 Å². The zero-order valence-electron chi connectivity index (χ0n) is 6.79. The second kappa shape index (κ2) is 5.51. The van der Waals surface area contributed by atoms with Crippen molar-refractivity contribution >= 4 is 11.8 Å². The average molecular weight is 174 g/mol. The Morgan fingerprint density at radius 1 is 1.33 bits per heavy atom. The predicted octanol–water partition coefficient (Wildman–Crippen LogP) is 2.91. The minimum Gasteiger partial charge on any atom is -0.102 e. The third-order valence-corrected chi connectivity index (χ3v) is 1.89. The first-order valence-electron chi connectivity index (χ1n) is 3.72. The maximum Gasteiger partial charge on any atom is 0.0254 e. The molecule has 1 aromatic carbocycles. The second-order valence-corrected chi connectivity index (χ2v) is 3.02. The van der Waals surface area contributed by atoms with Crippen molar-refractivity contribution in [2.75, 3.05) is 5.75 Å². The second-order valence-electron chi connectivity index (χ2n) is 2.19. The van der Waals surface area contributed by atoms with E-state index in [1.54, 1.807) is 11.8 Å². The lowest BCUT2D eigenvalue weighted by molar-refractivity contribution is 1.65. The highest BCUT2D eigenvalue weighted by Crippen LogP contribution is 1.99. The van der Waals surface area contributed by atoms with Crippen LogP contribution in [0.1, 0.15) is 5.56 Å². The van der Waals surface area contributed by atoms with Gasteiger partial charge in [-0.25, -0.2) is 0 Å². The summed E-state index contributed by atoms with van der Waals surface area (Å²) in [6, 6.07) is 9.97. The third-order valence-electron chi connectivity index (χ3n) is 1.24. The first-order chi connectivity index (χ1) is 5.93. The van der Waals surface area contributed by atoms with E-state index in [9.17, 15) is 0 Å². The molecule has 0 unspecified atom stereocenters. The van der Waals surface area contributed by atoms with Gasteiger partial charge in [-0.1, -0.05) is 42.0 Å². The van der Waals surface area contributed by atoms with Crippen molar-refractivity contribution in [3.63, 3.8) is 0 Å². The molecule has 1 rings (SSSR count). The van der Waals surface area contributed by atoms with E-state index < -0.39 is 0 Å². The van der Waals surface area contributed by atoms with Crippen LogP contribution in [0.25, 0.3) is 0 Å². The summed E-state index contributed by atoms with van der Waals surface area (Å²) in [5.41, 5.74) is 1.06. The fourth-order valence-electron chi connectivity index (χ4n) is 0.717. The van der Waals surface area contributed by atoms with E-state index in [2.05, 4.69) is 17.8 Å². The Kier molecular flexibility index (Phi) is 4.12. The van der Waals surface area contributed by atoms with E-state index in [1.165, 1.54) is 0 Å². The number of rotatable bonds is 2. The molecule has 0 bridgehead atoms. The fourth-order valence-corrected chi connectivity index (χ4v) is 1.11. The van der Waals surface area contributed by atoms with Crippen molar-refractivity contribution in [2.45, 2.75) is 0 Å². The summed E-state index contributed by atoms with van der Waals surface area (Å²) in [5.74, 6) is 3.93. The van der Waals surface area contributed by atoms with Gasteiger partial charge in [-0.15, -0.1) is 6.58 Å². The summed E-state index contributed by atoms with van der Waals surface area (Å²) in [7, 11) is 0. The number of hydrogen-bond acceptors (Lipinski definition) is 1. The van der Waals surface area contributed by atoms with Gasteiger partial charge in [-0.05, 0) is 17.4 Å². The molecule has 0 radical (unpaired) electrons. The zero-order valence-corrected chi connectivity index (χ0v) is 7.60. The van der Waals surface area contributed by atoms with Gasteiger partial charge in [0.25, 0.3) is 0 Å². The Labute approximate surface area is 77.7 Å². The SMILES string of the molecule is C=CCSC#Cc1ccccc1. The number of benzene rings is 1. The maximum absolute atomic E-state index is 3.62. The Bertz CT molecular complexity index is 290. The summed E-state index contributed by atoms with van der Waals surface area (Å²) < 4.78 is 0. The number of hydrogen-bond donors (Lipinski definition) is 0. The third kappa shape index (κ3) is 3.32. The highest BCUT2D eigenvalue weighted by atomic mass is 32.2. The van der Waals surface area contributed by atoms with Crippen LogP contribution in [0.5, 0.6) is 0 Å². The Hall–Kier alpha value is -1.13. The first-order valence-corrected chi connectivity index (χ1v) is 4.71. The largest absolute Gasteiger partial charge is 0.102 e. The van der Waals surface area contributed by atoms with Crippen LogP contribution in [-0.2, 0) is 0 Å². The Morgan fingerprint density at radius 2 is 2.08 bits per heavy atom. The van der Waals surface area contributed by atoms with E-state index in [1.807, 2.05) is 36.4 Å². The van der Waals surface area contributed by atoms with E-state index in [0.717, 1.165) is 11.3 Å². The van der Waals surface area contributed by atoms with Crippen LogP contribution in [0, 0.1) is 11.2 Å². The van der Waals surface area contributed by atoms with Gasteiger partial charge in [0, 0.05) is 11.3 Å². The van der Waals surface area contributed by atoms with E-state index in [-0.39, 0.29) is 0 Å². The van der Waals surface area contributed by atoms with Crippen molar-refractivity contribution in [3.8, 4) is 11.2 Å². The maximum atomic E-state index is 3.62. The van der Waals surface area contributed by atoms with Crippen LogP contribution < -0.4 is 0 Å². The van der Waals surface area contributed by atoms with Crippen molar-refractivity contribution < 1.29 is 0 Å². The van der Waals surface area contributed by atoms with Crippen molar-refractivity contribution in [1.82, 2.24) is 0 Å². The fraction of sp³-hybridized carbons (Fsp3) is 0.0909. The number of thioether (sulfide) groups is 1. The molecule has 0 amide bonds. The minimum absolute atomic E-state index is 0.889. The first kappa shape index (κ1) is 8.96. The van der Waals surface area contributed by atoms with E-state index in [4.69, 9.17) is 0 Å². The van der Waals surface area contributed by atoms with E-state index >= 15 is 0 Å². The van der Waals surface area contributed by atoms with Gasteiger partial charge in [0.1, 0.15) is 0 Å². The van der Waals surface area contributed by atoms with Gasteiger partial charge in [0.15, 0.2) is 0 Å². The topological polar surface area (TPSA) is 0 Å². The molecular formula is C11H10S. The zero-order chi connectivity index (χ0) is 8.65. The molecule has 60 valence electrons. The van der Waals surface area contributed by atoms with Gasteiger partial charge in [-0.3, -0.25) is 0 Å². The van der Waals surface area contributed by atoms with Gasteiger partial charge in [0.05, 0.1) is 0 Å². The molecule has 0 saturated carbocycles. The molecular weight excluding hydrogens is 164 g/mol. The molecule has 0 N–H and O–H groups in total. The summed E-state index contributed by atoms with van der Waals surface area (Å²) >= 11 is 1.57. The summed E-state index contributed by atoms with van der Waals surface area (Å²) in [6.45, 7) is 3.62. The highest BCUT2D eigenvalue weighted by Gasteiger charge is 1.80. The van der Waals surface area contributed by atoms with Crippen molar-refractivity contribution in [3.05, 3.63) is 48.6 Å². The molecule has 0 aliphatic heterocycles. The molecule has 0 fully saturated rings. The molecule has 0 spiro atoms. The predicted molar refractivity (Wildman–Crippen MR) is 56.0 cm³/mol. The smallest absolute Gasteiger partial charge is 0.0254 e. The van der Waals surface area contributed by atoms with Gasteiger partial charge >= 0.3 is 0 Å². The molecule has 1 aromatic rings. The molecule has 0 nitrogen and oxygen atoms in total. The Morgan fingerprint density at radius 3 is 2.75 bits per heavy atom. The molecule has 0 atom stereocenters. The summed E-state index contributed by atoms with van der Waals surface area (Å²) in [6.07, 6.45) is 1.85. The van der Waals surface area contributed by atoms with Gasteiger partial charge < -0.3 is 0 Å². The van der Waals surface area contributed by atoms with Crippen LogP contribution in [0.2, 0.25) is 0 Å². The quantitative estimate of drug-likeness (QED) is 0.377. The molecule has 12 heavy (non-hydrogen) atoms. The lowest BCUT2D eigenvalue weighted by Gasteiger charge is -1.85. The molecule has 0 aliphatic rings. The molecule has 0 heterocycles. The van der Waals surface area contributed by atoms with Crippen molar-refractivity contribution in [2.24, 2.45) is 0 Å². The van der Waals surface area contributed by atoms with Crippen LogP contribution >= 0.6 is 11.8 Å². The van der Waals surface area contributed by atoms with Crippen LogP contribution in [0.3, 0.4) is 0 Å². The Balaban J connectivity index is 2.49. The van der Waals surface area contributed by atoms with Crippen LogP contribution in [0.4, 0.5) is 0 Å². The minimum atomic E-state index is 0.889. The van der Waals surface area contributed by atoms with Crippen molar-refractivity contribution in [1.29, 1.82) is 0 Å². The van der Waals surface area contributed by atoms with Crippen LogP contribution in [0.15, 0.2) is 43.0 Å². The summed E-state index contributed by atoms with van der Waals surface area (Å²) in [5, 5.41) is 3.00. The molecule has 0 aromatic heterocycles. The average Bonchev–Trinajstić information content (AvgIpc) is 2.14. The van der Waals surface area contributed by atoms with Gasteiger partial charge in [0.2, 0.25) is 0 Å². The standard InChI is InChI=1S/C11H10S/c1-2-9-12-10-8-11-6-4-3-5-7-11/h2-7H,1,9H2. The molecule has 0 aliphatic carbocycles. The molecule has 0 saturated heterocycles. The highest BCUT2D eigenvalue weighted by molar-refractivity contribution is 8.04. The normalized spacial score (nSPS) is 8.33. The van der Waals surface area contributed by atoms with E-state index in [0.29, 0.717) is 0 Å². The summed E-state index contributed by atoms with van der Waals surface area (Å²) in [4.78, 5) is 0. The lowest BCUT2D eigenvalue weighted by Crippen LogP contribution is -1.69. The lowest BCUT2D eigenvalue weighted by atomic mass is 10.2. The van der Waals surface area contributed by atoms with Crippen LogP contribution in [-0.4, -0.2) is 5.75 Å². The molecule has 1 heteroatoms. The monoisotopic (exact) mass is 174 g/mol.